The molecule has 3 heterocycles. The number of fused-ring (bicyclic) bond motifs is 8. The Balaban J connectivity index is 1.69. The Labute approximate surface area is 232 Å². The average molecular weight is 567 g/mol. The summed E-state index contributed by atoms with van der Waals surface area (Å²) in [6.07, 6.45) is 0.944. The number of amides is 1. The summed E-state index contributed by atoms with van der Waals surface area (Å²) in [7, 11) is -1.49. The third-order valence-corrected chi connectivity index (χ3v) is 8.86. The predicted octanol–water partition coefficient (Wildman–Crippen LogP) is 3.10. The van der Waals surface area contributed by atoms with E-state index >= 15 is 0 Å². The Hall–Kier alpha value is -4.09. The van der Waals surface area contributed by atoms with Gasteiger partial charge in [0.15, 0.2) is 18.1 Å². The molecule has 0 aliphatic carbocycles. The summed E-state index contributed by atoms with van der Waals surface area (Å²) in [5, 5.41) is 2.81. The van der Waals surface area contributed by atoms with Gasteiger partial charge < -0.3 is 24.3 Å². The molecule has 0 spiro atoms. The highest BCUT2D eigenvalue weighted by Gasteiger charge is 2.40. The van der Waals surface area contributed by atoms with Crippen LogP contribution in [0.5, 0.6) is 17.2 Å². The molecule has 3 aliphatic rings. The Kier molecular flexibility index (Phi) is 7.95. The summed E-state index contributed by atoms with van der Waals surface area (Å²) in [4.78, 5) is 24.7. The van der Waals surface area contributed by atoms with Crippen molar-refractivity contribution >= 4 is 21.9 Å². The summed E-state index contributed by atoms with van der Waals surface area (Å²) in [6, 6.07) is 16.1. The average Bonchev–Trinajstić information content (AvgIpc) is 2.97. The lowest BCUT2D eigenvalue weighted by molar-refractivity contribution is -0.123. The van der Waals surface area contributed by atoms with Crippen LogP contribution in [0.25, 0.3) is 0 Å². The van der Waals surface area contributed by atoms with Crippen LogP contribution in [0.2, 0.25) is 0 Å². The Morgan fingerprint density at radius 1 is 1.05 bits per heavy atom. The van der Waals surface area contributed by atoms with Gasteiger partial charge in [0.25, 0.3) is 5.91 Å². The lowest BCUT2D eigenvalue weighted by Gasteiger charge is -2.37. The van der Waals surface area contributed by atoms with Crippen molar-refractivity contribution in [2.45, 2.75) is 23.8 Å². The molecule has 3 aliphatic heterocycles. The van der Waals surface area contributed by atoms with Crippen LogP contribution in [0.1, 0.15) is 39.5 Å². The summed E-state index contributed by atoms with van der Waals surface area (Å²) in [5.74, 6) is 0.324. The molecule has 10 nitrogen and oxygen atoms in total. The highest BCUT2D eigenvalue weighted by molar-refractivity contribution is 7.89. The summed E-state index contributed by atoms with van der Waals surface area (Å²) in [5.41, 5.74) is 2.20. The predicted molar refractivity (Wildman–Crippen MR) is 145 cm³/mol. The van der Waals surface area contributed by atoms with Gasteiger partial charge in [-0.05, 0) is 65.9 Å². The number of esters is 1. The molecule has 6 bridgehead atoms. The van der Waals surface area contributed by atoms with E-state index in [2.05, 4.69) is 5.32 Å². The number of nitrogens with one attached hydrogen (secondary N) is 1. The summed E-state index contributed by atoms with van der Waals surface area (Å²) >= 11 is 0. The summed E-state index contributed by atoms with van der Waals surface area (Å²) < 4.78 is 52.2. The van der Waals surface area contributed by atoms with E-state index in [0.29, 0.717) is 54.4 Å². The van der Waals surface area contributed by atoms with E-state index in [4.69, 9.17) is 18.9 Å². The first kappa shape index (κ1) is 27.5. The Morgan fingerprint density at radius 2 is 1.88 bits per heavy atom. The third kappa shape index (κ3) is 5.34. The van der Waals surface area contributed by atoms with Crippen LogP contribution in [-0.2, 0) is 26.0 Å². The van der Waals surface area contributed by atoms with Gasteiger partial charge in [0, 0.05) is 13.1 Å². The molecule has 0 radical (unpaired) electrons. The second-order valence-electron chi connectivity index (χ2n) is 9.37. The van der Waals surface area contributed by atoms with E-state index in [1.165, 1.54) is 30.7 Å². The fourth-order valence-electron chi connectivity index (χ4n) is 5.04. The van der Waals surface area contributed by atoms with E-state index in [-0.39, 0.29) is 29.5 Å². The minimum atomic E-state index is -4.19. The van der Waals surface area contributed by atoms with Crippen LogP contribution in [0.15, 0.2) is 65.6 Å². The molecule has 0 saturated carbocycles. The van der Waals surface area contributed by atoms with Crippen molar-refractivity contribution in [2.24, 2.45) is 0 Å². The van der Waals surface area contributed by atoms with Gasteiger partial charge in [-0.25, -0.2) is 13.2 Å². The maximum atomic E-state index is 14.3. The number of sulfonamides is 1. The first-order valence-corrected chi connectivity index (χ1v) is 14.3. The van der Waals surface area contributed by atoms with Gasteiger partial charge in [0.1, 0.15) is 5.75 Å². The van der Waals surface area contributed by atoms with Gasteiger partial charge in [-0.3, -0.25) is 4.79 Å². The van der Waals surface area contributed by atoms with Gasteiger partial charge in [0.2, 0.25) is 10.0 Å². The lowest BCUT2D eigenvalue weighted by Crippen LogP contribution is -2.41. The number of carbonyl (C=O) groups excluding carboxylic acids is 2. The highest BCUT2D eigenvalue weighted by atomic mass is 32.2. The first-order chi connectivity index (χ1) is 19.3. The second kappa shape index (κ2) is 11.6. The van der Waals surface area contributed by atoms with Gasteiger partial charge in [0.05, 0.1) is 37.3 Å². The number of rotatable bonds is 4. The van der Waals surface area contributed by atoms with Gasteiger partial charge in [-0.2, -0.15) is 4.31 Å². The Bertz CT molecular complexity index is 1540. The summed E-state index contributed by atoms with van der Waals surface area (Å²) in [6.45, 7) is 0.712. The normalized spacial score (nSPS) is 17.8. The van der Waals surface area contributed by atoms with Crippen LogP contribution in [0, 0.1) is 0 Å². The SMILES string of the molecule is COC(=O)c1ccccc1S(=O)(=O)N1CCc2cc3c(OC)cc2C1c1cccc(c1)OCCCNC(=O)CO3. The molecule has 0 fully saturated rings. The van der Waals surface area contributed by atoms with Crippen molar-refractivity contribution in [2.75, 3.05) is 40.5 Å². The standard InChI is InChI=1S/C29H30N2O8S/c1-36-24-17-23-19-11-13-31(40(34,35)26-10-4-3-9-22(26)29(33)37-2)28(23)20-7-5-8-21(15-20)38-14-6-12-30-27(32)18-39-25(24)16-19/h3-5,7-10,15-17,28H,6,11-14,18H2,1-2H3,(H,30,32). The van der Waals surface area contributed by atoms with Gasteiger partial charge >= 0.3 is 5.97 Å². The maximum absolute atomic E-state index is 14.3. The minimum absolute atomic E-state index is 0.0410. The lowest BCUT2D eigenvalue weighted by atomic mass is 9.89. The quantitative estimate of drug-likeness (QED) is 0.479. The van der Waals surface area contributed by atoms with E-state index in [0.717, 1.165) is 5.56 Å². The van der Waals surface area contributed by atoms with Crippen molar-refractivity contribution < 1.29 is 37.0 Å². The molecular weight excluding hydrogens is 536 g/mol. The number of hydrogen-bond donors (Lipinski definition) is 1. The number of nitrogens with zero attached hydrogens (tertiary/aromatic N) is 1. The molecule has 3 aromatic carbocycles. The smallest absolute Gasteiger partial charge is 0.339 e. The van der Waals surface area contributed by atoms with Crippen LogP contribution < -0.4 is 19.5 Å². The topological polar surface area (TPSA) is 120 Å². The van der Waals surface area contributed by atoms with E-state index in [9.17, 15) is 18.0 Å². The third-order valence-electron chi connectivity index (χ3n) is 6.93. The van der Waals surface area contributed by atoms with Crippen LogP contribution in [-0.4, -0.2) is 65.1 Å². The molecule has 6 rings (SSSR count). The number of ether oxygens (including phenoxy) is 4. The van der Waals surface area contributed by atoms with Gasteiger partial charge in [-0.15, -0.1) is 0 Å². The van der Waals surface area contributed by atoms with Crippen molar-refractivity contribution in [3.05, 3.63) is 82.9 Å². The van der Waals surface area contributed by atoms with E-state index in [1.54, 1.807) is 30.3 Å². The fourth-order valence-corrected chi connectivity index (χ4v) is 6.81. The zero-order valence-corrected chi connectivity index (χ0v) is 23.0. The van der Waals surface area contributed by atoms with E-state index < -0.39 is 22.0 Å². The largest absolute Gasteiger partial charge is 0.494 e. The van der Waals surface area contributed by atoms with Crippen LogP contribution >= 0.6 is 0 Å². The van der Waals surface area contributed by atoms with Crippen molar-refractivity contribution in [3.63, 3.8) is 0 Å². The maximum Gasteiger partial charge on any atom is 0.339 e. The fraction of sp³-hybridized carbons (Fsp3) is 0.310. The number of hydrogen-bond acceptors (Lipinski definition) is 8. The van der Waals surface area contributed by atoms with Crippen LogP contribution in [0.4, 0.5) is 0 Å². The zero-order chi connectivity index (χ0) is 28.3. The molecule has 3 aromatic rings. The molecule has 1 atom stereocenters. The van der Waals surface area contributed by atoms with Crippen molar-refractivity contribution in [1.29, 1.82) is 0 Å². The molecule has 0 saturated heterocycles. The molecule has 11 heteroatoms. The highest BCUT2D eigenvalue weighted by Crippen LogP contribution is 2.44. The monoisotopic (exact) mass is 566 g/mol. The molecule has 1 amide bonds. The number of benzene rings is 3. The molecule has 1 unspecified atom stereocenters. The molecule has 0 aromatic heterocycles. The van der Waals surface area contributed by atoms with Crippen molar-refractivity contribution in [1.82, 2.24) is 9.62 Å². The Morgan fingerprint density at radius 3 is 2.67 bits per heavy atom. The van der Waals surface area contributed by atoms with E-state index in [1.807, 2.05) is 18.2 Å². The number of carbonyl (C=O) groups is 2. The second-order valence-corrected chi connectivity index (χ2v) is 11.2. The van der Waals surface area contributed by atoms with Crippen LogP contribution in [0.3, 0.4) is 0 Å². The molecule has 1 N–H and O–H groups in total. The number of methoxy groups -OCH3 is 2. The zero-order valence-electron chi connectivity index (χ0n) is 22.2. The van der Waals surface area contributed by atoms with Gasteiger partial charge in [-0.1, -0.05) is 24.3 Å². The minimum Gasteiger partial charge on any atom is -0.494 e. The van der Waals surface area contributed by atoms with Crippen molar-refractivity contribution in [3.8, 4) is 17.2 Å². The molecular formula is C29H30N2O8S. The first-order valence-electron chi connectivity index (χ1n) is 12.9. The molecule has 210 valence electrons. The molecule has 40 heavy (non-hydrogen) atoms.